The average molecular weight is 356 g/mol. The lowest BCUT2D eigenvalue weighted by Crippen LogP contribution is -2.06. The van der Waals surface area contributed by atoms with Crippen molar-refractivity contribution in [3.8, 4) is 22.7 Å². The Balaban J connectivity index is 2.16. The average Bonchev–Trinajstić information content (AvgIpc) is 3.04. The summed E-state index contributed by atoms with van der Waals surface area (Å²) in [5.41, 5.74) is 3.75. The van der Waals surface area contributed by atoms with Gasteiger partial charge in [-0.25, -0.2) is 0 Å². The Labute approximate surface area is 151 Å². The third-order valence-corrected chi connectivity index (χ3v) is 4.27. The van der Waals surface area contributed by atoms with Gasteiger partial charge in [0.2, 0.25) is 0 Å². The van der Waals surface area contributed by atoms with Gasteiger partial charge in [-0.15, -0.1) is 0 Å². The van der Waals surface area contributed by atoms with Crippen molar-refractivity contribution in [2.24, 2.45) is 0 Å². The molecule has 1 aromatic heterocycles. The molecule has 3 rings (SSSR count). The number of aromatic nitrogens is 1. The van der Waals surface area contributed by atoms with Crippen LogP contribution in [-0.2, 0) is 11.2 Å². The SMILES string of the molecule is COc1ccccc1-n1c(CCC(=O)O)ccc1-c1ccc(Cl)cc1. The van der Waals surface area contributed by atoms with Crippen molar-refractivity contribution in [2.75, 3.05) is 7.11 Å². The lowest BCUT2D eigenvalue weighted by molar-refractivity contribution is -0.136. The third-order valence-electron chi connectivity index (χ3n) is 4.02. The van der Waals surface area contributed by atoms with Crippen LogP contribution in [0, 0.1) is 0 Å². The van der Waals surface area contributed by atoms with Gasteiger partial charge in [-0.1, -0.05) is 35.9 Å². The zero-order valence-corrected chi connectivity index (χ0v) is 14.5. The number of carbonyl (C=O) groups is 1. The second-order valence-corrected chi connectivity index (χ2v) is 6.05. The van der Waals surface area contributed by atoms with Crippen molar-refractivity contribution in [1.29, 1.82) is 0 Å². The van der Waals surface area contributed by atoms with E-state index in [0.717, 1.165) is 28.4 Å². The van der Waals surface area contributed by atoms with Crippen molar-refractivity contribution in [3.63, 3.8) is 0 Å². The van der Waals surface area contributed by atoms with E-state index >= 15 is 0 Å². The van der Waals surface area contributed by atoms with E-state index in [1.807, 2.05) is 65.2 Å². The van der Waals surface area contributed by atoms with E-state index in [0.29, 0.717) is 11.4 Å². The minimum atomic E-state index is -0.819. The van der Waals surface area contributed by atoms with Crippen LogP contribution in [0.15, 0.2) is 60.7 Å². The Kier molecular flexibility index (Phi) is 5.10. The van der Waals surface area contributed by atoms with Gasteiger partial charge in [-0.05, 0) is 48.4 Å². The number of carboxylic acids is 1. The first-order valence-electron chi connectivity index (χ1n) is 7.92. The minimum Gasteiger partial charge on any atom is -0.495 e. The molecule has 0 saturated heterocycles. The number of aliphatic carboxylic acids is 1. The first-order valence-corrected chi connectivity index (χ1v) is 8.29. The molecule has 4 nitrogen and oxygen atoms in total. The zero-order chi connectivity index (χ0) is 17.8. The van der Waals surface area contributed by atoms with Gasteiger partial charge in [0.05, 0.1) is 24.9 Å². The highest BCUT2D eigenvalue weighted by Gasteiger charge is 2.16. The summed E-state index contributed by atoms with van der Waals surface area (Å²) >= 11 is 6.00. The van der Waals surface area contributed by atoms with Crippen LogP contribution in [0.2, 0.25) is 5.02 Å². The standard InChI is InChI=1S/C20H18ClNO3/c1-25-19-5-3-2-4-18(19)22-16(11-13-20(23)24)10-12-17(22)14-6-8-15(21)9-7-14/h2-10,12H,11,13H2,1H3,(H,23,24). The predicted octanol–water partition coefficient (Wildman–Crippen LogP) is 4.82. The van der Waals surface area contributed by atoms with Crippen molar-refractivity contribution in [3.05, 3.63) is 71.4 Å². The van der Waals surface area contributed by atoms with Gasteiger partial charge in [0.25, 0.3) is 0 Å². The van der Waals surface area contributed by atoms with E-state index in [2.05, 4.69) is 0 Å². The fourth-order valence-electron chi connectivity index (χ4n) is 2.85. The molecule has 0 spiro atoms. The van der Waals surface area contributed by atoms with Gasteiger partial charge in [-0.3, -0.25) is 4.79 Å². The van der Waals surface area contributed by atoms with Crippen molar-refractivity contribution in [1.82, 2.24) is 4.57 Å². The number of ether oxygens (including phenoxy) is 1. The first-order chi connectivity index (χ1) is 12.1. The Morgan fingerprint density at radius 1 is 1.08 bits per heavy atom. The number of carboxylic acid groups (broad SMARTS) is 1. The Morgan fingerprint density at radius 2 is 1.80 bits per heavy atom. The lowest BCUT2D eigenvalue weighted by Gasteiger charge is -2.16. The molecular weight excluding hydrogens is 338 g/mol. The number of benzene rings is 2. The van der Waals surface area contributed by atoms with Gasteiger partial charge < -0.3 is 14.4 Å². The lowest BCUT2D eigenvalue weighted by atomic mass is 10.1. The van der Waals surface area contributed by atoms with Crippen LogP contribution in [0.5, 0.6) is 5.75 Å². The number of hydrogen-bond donors (Lipinski definition) is 1. The summed E-state index contributed by atoms with van der Waals surface area (Å²) in [6.07, 6.45) is 0.500. The molecule has 25 heavy (non-hydrogen) atoms. The monoisotopic (exact) mass is 355 g/mol. The molecule has 0 aliphatic heterocycles. The number of para-hydroxylation sites is 2. The molecule has 0 fully saturated rings. The summed E-state index contributed by atoms with van der Waals surface area (Å²) in [7, 11) is 1.63. The molecule has 5 heteroatoms. The maximum Gasteiger partial charge on any atom is 0.303 e. The van der Waals surface area contributed by atoms with E-state index in [4.69, 9.17) is 21.4 Å². The van der Waals surface area contributed by atoms with E-state index in [1.165, 1.54) is 0 Å². The second-order valence-electron chi connectivity index (χ2n) is 5.62. The summed E-state index contributed by atoms with van der Waals surface area (Å²) in [5.74, 6) is -0.0914. The van der Waals surface area contributed by atoms with Crippen LogP contribution in [0.25, 0.3) is 16.9 Å². The maximum absolute atomic E-state index is 11.0. The normalized spacial score (nSPS) is 10.6. The Hall–Kier alpha value is -2.72. The molecule has 128 valence electrons. The molecule has 2 aromatic carbocycles. The molecule has 0 radical (unpaired) electrons. The Morgan fingerprint density at radius 3 is 2.48 bits per heavy atom. The van der Waals surface area contributed by atoms with E-state index in [1.54, 1.807) is 7.11 Å². The number of rotatable bonds is 6. The molecule has 0 saturated carbocycles. The number of aryl methyl sites for hydroxylation is 1. The van der Waals surface area contributed by atoms with E-state index < -0.39 is 5.97 Å². The fourth-order valence-corrected chi connectivity index (χ4v) is 2.98. The number of halogens is 1. The molecule has 0 unspecified atom stereocenters. The minimum absolute atomic E-state index is 0.0687. The number of methoxy groups -OCH3 is 1. The molecule has 0 aliphatic carbocycles. The van der Waals surface area contributed by atoms with Crippen molar-refractivity contribution < 1.29 is 14.6 Å². The Bertz CT molecular complexity index is 884. The second kappa shape index (κ2) is 7.45. The zero-order valence-electron chi connectivity index (χ0n) is 13.8. The largest absolute Gasteiger partial charge is 0.495 e. The van der Waals surface area contributed by atoms with Crippen molar-refractivity contribution in [2.45, 2.75) is 12.8 Å². The van der Waals surface area contributed by atoms with Gasteiger partial charge in [-0.2, -0.15) is 0 Å². The summed E-state index contributed by atoms with van der Waals surface area (Å²) < 4.78 is 7.55. The van der Waals surface area contributed by atoms with Crippen LogP contribution in [0.4, 0.5) is 0 Å². The molecule has 1 N–H and O–H groups in total. The van der Waals surface area contributed by atoms with Gasteiger partial charge in [0, 0.05) is 10.7 Å². The molecule has 0 amide bonds. The molecule has 0 bridgehead atoms. The van der Waals surface area contributed by atoms with Gasteiger partial charge >= 0.3 is 5.97 Å². The number of hydrogen-bond acceptors (Lipinski definition) is 2. The highest BCUT2D eigenvalue weighted by Crippen LogP contribution is 2.32. The number of nitrogens with zero attached hydrogens (tertiary/aromatic N) is 1. The van der Waals surface area contributed by atoms with Crippen LogP contribution in [-0.4, -0.2) is 22.8 Å². The van der Waals surface area contributed by atoms with E-state index in [-0.39, 0.29) is 6.42 Å². The third kappa shape index (κ3) is 3.69. The van der Waals surface area contributed by atoms with Crippen LogP contribution < -0.4 is 4.74 Å². The topological polar surface area (TPSA) is 51.5 Å². The summed E-state index contributed by atoms with van der Waals surface area (Å²) in [6, 6.07) is 19.2. The highest BCUT2D eigenvalue weighted by atomic mass is 35.5. The van der Waals surface area contributed by atoms with Crippen LogP contribution in [0.3, 0.4) is 0 Å². The fraction of sp³-hybridized carbons (Fsp3) is 0.150. The first kappa shape index (κ1) is 17.1. The molecule has 1 heterocycles. The predicted molar refractivity (Wildman–Crippen MR) is 98.7 cm³/mol. The molecule has 0 aliphatic rings. The van der Waals surface area contributed by atoms with Gasteiger partial charge in [0.15, 0.2) is 0 Å². The molecular formula is C20H18ClNO3. The summed E-state index contributed by atoms with van der Waals surface area (Å²) in [5, 5.41) is 9.71. The highest BCUT2D eigenvalue weighted by molar-refractivity contribution is 6.30. The maximum atomic E-state index is 11.0. The summed E-state index contributed by atoms with van der Waals surface area (Å²) in [6.45, 7) is 0. The molecule has 3 aromatic rings. The summed E-state index contributed by atoms with van der Waals surface area (Å²) in [4.78, 5) is 11.0. The van der Waals surface area contributed by atoms with E-state index in [9.17, 15) is 4.79 Å². The van der Waals surface area contributed by atoms with Gasteiger partial charge in [0.1, 0.15) is 5.75 Å². The quantitative estimate of drug-likeness (QED) is 0.689. The van der Waals surface area contributed by atoms with Crippen LogP contribution >= 0.6 is 11.6 Å². The molecule has 0 atom stereocenters. The van der Waals surface area contributed by atoms with Crippen LogP contribution in [0.1, 0.15) is 12.1 Å². The smallest absolute Gasteiger partial charge is 0.303 e. The van der Waals surface area contributed by atoms with Crippen molar-refractivity contribution >= 4 is 17.6 Å².